The van der Waals surface area contributed by atoms with E-state index in [1.165, 1.54) is 6.07 Å². The van der Waals surface area contributed by atoms with Crippen molar-refractivity contribution in [2.75, 3.05) is 38.2 Å². The molecule has 0 radical (unpaired) electrons. The van der Waals surface area contributed by atoms with Gasteiger partial charge in [-0.15, -0.1) is 22.6 Å². The molecule has 146 valence electrons. The largest absolute Gasteiger partial charge is 0.480 e. The van der Waals surface area contributed by atoms with Crippen LogP contribution in [0.15, 0.2) is 51.7 Å². The lowest BCUT2D eigenvalue weighted by Gasteiger charge is -2.34. The van der Waals surface area contributed by atoms with Crippen LogP contribution >= 0.6 is 12.4 Å². The lowest BCUT2D eigenvalue weighted by atomic mass is 10.2. The maximum Gasteiger partial charge on any atom is 0.289 e. The normalized spacial score (nSPS) is 13.9. The lowest BCUT2D eigenvalue weighted by Crippen LogP contribution is -2.49. The number of ether oxygens (including phenoxy) is 1. The quantitative estimate of drug-likeness (QED) is 0.661. The molecule has 0 spiro atoms. The molecule has 9 heteroatoms. The fourth-order valence-electron chi connectivity index (χ4n) is 3.09. The van der Waals surface area contributed by atoms with Gasteiger partial charge in [0.05, 0.1) is 12.5 Å². The SMILES string of the molecule is COc1ccc(N2CCN(C(=O)c3cc(=O)c4ccccc4o3)CC2)nn1.Cl. The number of fused-ring (bicyclic) bond motifs is 1. The van der Waals surface area contributed by atoms with Crippen molar-refractivity contribution in [3.05, 3.63) is 58.4 Å². The lowest BCUT2D eigenvalue weighted by molar-refractivity contribution is 0.0715. The van der Waals surface area contributed by atoms with E-state index in [4.69, 9.17) is 9.15 Å². The van der Waals surface area contributed by atoms with Crippen molar-refractivity contribution in [1.82, 2.24) is 15.1 Å². The Hall–Kier alpha value is -3.13. The molecule has 1 aromatic carbocycles. The van der Waals surface area contributed by atoms with Crippen molar-refractivity contribution in [1.29, 1.82) is 0 Å². The Morgan fingerprint density at radius 3 is 2.50 bits per heavy atom. The molecule has 3 aromatic rings. The number of carbonyl (C=O) groups excluding carboxylic acids is 1. The van der Waals surface area contributed by atoms with E-state index in [0.29, 0.717) is 43.0 Å². The number of nitrogens with zero attached hydrogens (tertiary/aromatic N) is 4. The predicted molar refractivity (Wildman–Crippen MR) is 106 cm³/mol. The first-order valence-corrected chi connectivity index (χ1v) is 8.60. The molecule has 1 saturated heterocycles. The summed E-state index contributed by atoms with van der Waals surface area (Å²) < 4.78 is 10.7. The zero-order chi connectivity index (χ0) is 18.8. The summed E-state index contributed by atoms with van der Waals surface area (Å²) in [5.74, 6) is 0.980. The minimum absolute atomic E-state index is 0. The summed E-state index contributed by atoms with van der Waals surface area (Å²) in [4.78, 5) is 28.7. The van der Waals surface area contributed by atoms with Gasteiger partial charge in [-0.1, -0.05) is 12.1 Å². The Morgan fingerprint density at radius 2 is 1.82 bits per heavy atom. The summed E-state index contributed by atoms with van der Waals surface area (Å²) in [5.41, 5.74) is 0.202. The first kappa shape index (κ1) is 19.6. The van der Waals surface area contributed by atoms with Crippen LogP contribution in [0.25, 0.3) is 11.0 Å². The summed E-state index contributed by atoms with van der Waals surface area (Å²) >= 11 is 0. The average Bonchev–Trinajstić information content (AvgIpc) is 2.73. The number of amides is 1. The molecule has 0 unspecified atom stereocenters. The molecular weight excluding hydrogens is 384 g/mol. The molecule has 1 aliphatic rings. The van der Waals surface area contributed by atoms with Gasteiger partial charge in [-0.2, -0.15) is 0 Å². The number of anilines is 1. The van der Waals surface area contributed by atoms with Crippen LogP contribution in [-0.4, -0.2) is 54.3 Å². The van der Waals surface area contributed by atoms with Crippen LogP contribution in [0.3, 0.4) is 0 Å². The molecule has 4 rings (SSSR count). The van der Waals surface area contributed by atoms with Crippen molar-refractivity contribution in [2.24, 2.45) is 0 Å². The maximum atomic E-state index is 12.8. The molecule has 1 amide bonds. The van der Waals surface area contributed by atoms with E-state index in [2.05, 4.69) is 10.2 Å². The molecule has 1 aliphatic heterocycles. The third-order valence-electron chi connectivity index (χ3n) is 4.57. The van der Waals surface area contributed by atoms with Gasteiger partial charge in [0.15, 0.2) is 17.0 Å². The zero-order valence-corrected chi connectivity index (χ0v) is 16.0. The van der Waals surface area contributed by atoms with E-state index in [-0.39, 0.29) is 29.5 Å². The highest BCUT2D eigenvalue weighted by Crippen LogP contribution is 2.17. The Kier molecular flexibility index (Phi) is 5.79. The number of benzene rings is 1. The number of para-hydroxylation sites is 1. The van der Waals surface area contributed by atoms with Crippen molar-refractivity contribution < 1.29 is 13.9 Å². The molecule has 2 aromatic heterocycles. The first-order valence-electron chi connectivity index (χ1n) is 8.60. The smallest absolute Gasteiger partial charge is 0.289 e. The third kappa shape index (κ3) is 3.77. The average molecular weight is 403 g/mol. The van der Waals surface area contributed by atoms with E-state index < -0.39 is 0 Å². The molecule has 0 N–H and O–H groups in total. The number of rotatable bonds is 3. The number of methoxy groups -OCH3 is 1. The van der Waals surface area contributed by atoms with E-state index in [1.807, 2.05) is 11.0 Å². The zero-order valence-electron chi connectivity index (χ0n) is 15.2. The van der Waals surface area contributed by atoms with Crippen molar-refractivity contribution in [2.45, 2.75) is 0 Å². The van der Waals surface area contributed by atoms with Gasteiger partial charge in [-0.25, -0.2) is 0 Å². The highest BCUT2D eigenvalue weighted by molar-refractivity contribution is 5.93. The second-order valence-electron chi connectivity index (χ2n) is 6.18. The highest BCUT2D eigenvalue weighted by atomic mass is 35.5. The van der Waals surface area contributed by atoms with E-state index in [1.54, 1.807) is 42.3 Å². The van der Waals surface area contributed by atoms with E-state index in [0.717, 1.165) is 5.82 Å². The fourth-order valence-corrected chi connectivity index (χ4v) is 3.09. The predicted octanol–water partition coefficient (Wildman–Crippen LogP) is 1.98. The molecule has 1 fully saturated rings. The number of hydrogen-bond acceptors (Lipinski definition) is 7. The summed E-state index contributed by atoms with van der Waals surface area (Å²) in [6, 6.07) is 11.8. The van der Waals surface area contributed by atoms with Crippen molar-refractivity contribution in [3.8, 4) is 5.88 Å². The fraction of sp³-hybridized carbons (Fsp3) is 0.263. The molecule has 3 heterocycles. The van der Waals surface area contributed by atoms with Gasteiger partial charge in [0.1, 0.15) is 5.58 Å². The van der Waals surface area contributed by atoms with Crippen molar-refractivity contribution in [3.63, 3.8) is 0 Å². The Morgan fingerprint density at radius 1 is 1.07 bits per heavy atom. The highest BCUT2D eigenvalue weighted by Gasteiger charge is 2.25. The summed E-state index contributed by atoms with van der Waals surface area (Å²) in [7, 11) is 1.54. The van der Waals surface area contributed by atoms with E-state index in [9.17, 15) is 9.59 Å². The molecule has 0 aliphatic carbocycles. The molecule has 0 atom stereocenters. The van der Waals surface area contributed by atoms with Gasteiger partial charge in [0, 0.05) is 38.3 Å². The number of piperazine rings is 1. The van der Waals surface area contributed by atoms with Gasteiger partial charge in [-0.05, 0) is 18.2 Å². The van der Waals surface area contributed by atoms with Crippen LogP contribution in [0.5, 0.6) is 5.88 Å². The van der Waals surface area contributed by atoms with Crippen LogP contribution in [0, 0.1) is 0 Å². The van der Waals surface area contributed by atoms with Crippen LogP contribution < -0.4 is 15.1 Å². The maximum absolute atomic E-state index is 12.8. The second kappa shape index (κ2) is 8.26. The number of hydrogen-bond donors (Lipinski definition) is 0. The monoisotopic (exact) mass is 402 g/mol. The molecule has 28 heavy (non-hydrogen) atoms. The van der Waals surface area contributed by atoms with Gasteiger partial charge in [-0.3, -0.25) is 9.59 Å². The molecule has 8 nitrogen and oxygen atoms in total. The minimum atomic E-state index is -0.279. The summed E-state index contributed by atoms with van der Waals surface area (Å²) in [5, 5.41) is 8.57. The van der Waals surface area contributed by atoms with Crippen LogP contribution in [0.4, 0.5) is 5.82 Å². The number of aromatic nitrogens is 2. The minimum Gasteiger partial charge on any atom is -0.480 e. The molecular formula is C19H19ClN4O4. The van der Waals surface area contributed by atoms with Gasteiger partial charge in [0.2, 0.25) is 5.88 Å². The third-order valence-corrected chi connectivity index (χ3v) is 4.57. The molecule has 0 bridgehead atoms. The number of carbonyl (C=O) groups is 1. The molecule has 0 saturated carbocycles. The summed E-state index contributed by atoms with van der Waals surface area (Å²) in [6.07, 6.45) is 0. The number of halogens is 1. The van der Waals surface area contributed by atoms with Crippen LogP contribution in [0.1, 0.15) is 10.6 Å². The van der Waals surface area contributed by atoms with Crippen LogP contribution in [-0.2, 0) is 0 Å². The van der Waals surface area contributed by atoms with Crippen LogP contribution in [0.2, 0.25) is 0 Å². The second-order valence-corrected chi connectivity index (χ2v) is 6.18. The van der Waals surface area contributed by atoms with Crippen molar-refractivity contribution >= 4 is 35.1 Å². The summed E-state index contributed by atoms with van der Waals surface area (Å²) in [6.45, 7) is 2.24. The Labute approximate surface area is 167 Å². The first-order chi connectivity index (χ1) is 13.2. The topological polar surface area (TPSA) is 88.8 Å². The van der Waals surface area contributed by atoms with E-state index >= 15 is 0 Å². The van der Waals surface area contributed by atoms with Gasteiger partial charge >= 0.3 is 0 Å². The Bertz CT molecular complexity index is 1030. The Balaban J connectivity index is 0.00000225. The standard InChI is InChI=1S/C19H18N4O4.ClH/c1-26-18-7-6-17(20-21-18)22-8-10-23(11-9-22)19(25)16-12-14(24)13-4-2-3-5-15(13)27-16;/h2-7,12H,8-11H2,1H3;1H. The van der Waals surface area contributed by atoms with Gasteiger partial charge < -0.3 is 19.0 Å². The van der Waals surface area contributed by atoms with Gasteiger partial charge in [0.25, 0.3) is 5.91 Å².